The van der Waals surface area contributed by atoms with E-state index in [4.69, 9.17) is 23.2 Å². The van der Waals surface area contributed by atoms with Crippen molar-refractivity contribution in [2.24, 2.45) is 0 Å². The molecule has 0 fully saturated rings. The van der Waals surface area contributed by atoms with Crippen LogP contribution in [0.2, 0.25) is 10.0 Å². The summed E-state index contributed by atoms with van der Waals surface area (Å²) in [5, 5.41) is 12.2. The molecule has 9 heteroatoms. The zero-order valence-electron chi connectivity index (χ0n) is 13.7. The van der Waals surface area contributed by atoms with Gasteiger partial charge in [0.2, 0.25) is 5.91 Å². The van der Waals surface area contributed by atoms with Gasteiger partial charge in [-0.05, 0) is 29.3 Å². The number of nitrogens with one attached hydrogen (secondary N) is 1. The van der Waals surface area contributed by atoms with E-state index >= 15 is 0 Å². The van der Waals surface area contributed by atoms with Gasteiger partial charge >= 0.3 is 12.1 Å². The summed E-state index contributed by atoms with van der Waals surface area (Å²) in [5.74, 6) is -2.01. The predicted octanol–water partition coefficient (Wildman–Crippen LogP) is 4.37. The second-order valence-electron chi connectivity index (χ2n) is 5.77. The highest BCUT2D eigenvalue weighted by molar-refractivity contribution is 6.35. The summed E-state index contributed by atoms with van der Waals surface area (Å²) in [7, 11) is 0. The van der Waals surface area contributed by atoms with E-state index in [1.54, 1.807) is 6.07 Å². The molecule has 1 amide bonds. The molecule has 2 aromatic carbocycles. The minimum absolute atomic E-state index is 0.0976. The highest BCUT2D eigenvalue weighted by atomic mass is 35.5. The first-order valence-electron chi connectivity index (χ1n) is 7.68. The van der Waals surface area contributed by atoms with Crippen molar-refractivity contribution < 1.29 is 27.9 Å². The van der Waals surface area contributed by atoms with Crippen LogP contribution in [0.1, 0.15) is 16.7 Å². The molecule has 0 bridgehead atoms. The van der Waals surface area contributed by atoms with Crippen LogP contribution in [-0.4, -0.2) is 23.0 Å². The lowest BCUT2D eigenvalue weighted by molar-refractivity contribution is -0.141. The molecule has 0 aliphatic carbocycles. The van der Waals surface area contributed by atoms with E-state index in [1.807, 2.05) is 0 Å². The molecule has 2 N–H and O–H groups in total. The Morgan fingerprint density at radius 3 is 2.41 bits per heavy atom. The van der Waals surface area contributed by atoms with Crippen LogP contribution in [-0.2, 0) is 28.6 Å². The average Bonchev–Trinajstić information content (AvgIpc) is 2.55. The third-order valence-corrected chi connectivity index (χ3v) is 4.28. The molecule has 0 spiro atoms. The first kappa shape index (κ1) is 21.1. The van der Waals surface area contributed by atoms with E-state index in [0.717, 1.165) is 12.1 Å². The molecule has 0 aliphatic rings. The van der Waals surface area contributed by atoms with Crippen LogP contribution in [0.25, 0.3) is 0 Å². The Labute approximate surface area is 162 Å². The molecule has 27 heavy (non-hydrogen) atoms. The van der Waals surface area contributed by atoms with E-state index < -0.39 is 29.7 Å². The summed E-state index contributed by atoms with van der Waals surface area (Å²) in [6, 6.07) is 7.53. The third kappa shape index (κ3) is 6.15. The van der Waals surface area contributed by atoms with Crippen LogP contribution in [0.4, 0.5) is 13.2 Å². The summed E-state index contributed by atoms with van der Waals surface area (Å²) in [6.45, 7) is 0. The number of carboxylic acid groups (broad SMARTS) is 1. The fourth-order valence-electron chi connectivity index (χ4n) is 2.40. The number of alkyl halides is 3. The van der Waals surface area contributed by atoms with Gasteiger partial charge in [-0.3, -0.25) is 4.79 Å². The lowest BCUT2D eigenvalue weighted by Crippen LogP contribution is -2.43. The van der Waals surface area contributed by atoms with Crippen LogP contribution in [0.15, 0.2) is 42.5 Å². The van der Waals surface area contributed by atoms with E-state index in [9.17, 15) is 27.9 Å². The van der Waals surface area contributed by atoms with E-state index in [1.165, 1.54) is 24.3 Å². The second kappa shape index (κ2) is 8.63. The molecule has 0 unspecified atom stereocenters. The fraction of sp³-hybridized carbons (Fsp3) is 0.222. The molecule has 0 aromatic heterocycles. The molecule has 2 rings (SSSR count). The summed E-state index contributed by atoms with van der Waals surface area (Å²) in [4.78, 5) is 23.5. The minimum atomic E-state index is -4.53. The highest BCUT2D eigenvalue weighted by Crippen LogP contribution is 2.29. The van der Waals surface area contributed by atoms with E-state index in [2.05, 4.69) is 5.32 Å². The smallest absolute Gasteiger partial charge is 0.416 e. The van der Waals surface area contributed by atoms with Gasteiger partial charge in [-0.15, -0.1) is 0 Å². The van der Waals surface area contributed by atoms with Gasteiger partial charge in [-0.2, -0.15) is 13.2 Å². The maximum atomic E-state index is 12.7. The number of hydrogen-bond acceptors (Lipinski definition) is 2. The number of aliphatic carboxylic acids is 1. The number of rotatable bonds is 6. The summed E-state index contributed by atoms with van der Waals surface area (Å²) >= 11 is 11.8. The minimum Gasteiger partial charge on any atom is -0.480 e. The molecule has 144 valence electrons. The van der Waals surface area contributed by atoms with Gasteiger partial charge in [0.1, 0.15) is 6.04 Å². The largest absolute Gasteiger partial charge is 0.480 e. The van der Waals surface area contributed by atoms with Crippen molar-refractivity contribution in [2.75, 3.05) is 0 Å². The van der Waals surface area contributed by atoms with Crippen molar-refractivity contribution in [1.82, 2.24) is 5.32 Å². The second-order valence-corrected chi connectivity index (χ2v) is 6.62. The number of halogens is 5. The van der Waals surface area contributed by atoms with Gasteiger partial charge < -0.3 is 10.4 Å². The van der Waals surface area contributed by atoms with Crippen molar-refractivity contribution in [1.29, 1.82) is 0 Å². The lowest BCUT2D eigenvalue weighted by Gasteiger charge is -2.16. The van der Waals surface area contributed by atoms with E-state index in [-0.39, 0.29) is 23.4 Å². The van der Waals surface area contributed by atoms with Crippen molar-refractivity contribution in [2.45, 2.75) is 25.1 Å². The van der Waals surface area contributed by atoms with Crippen LogP contribution >= 0.6 is 23.2 Å². The molecule has 1 atom stereocenters. The summed E-state index contributed by atoms with van der Waals surface area (Å²) < 4.78 is 38.2. The Kier molecular flexibility index (Phi) is 6.73. The standard InChI is InChI=1S/C18H14Cl2F3NO3/c19-13-5-4-11(14(20)9-13)8-15(17(26)27)24-16(25)7-10-2-1-3-12(6-10)18(21,22)23/h1-6,9,15H,7-8H2,(H,24,25)(H,26,27)/t15-/m1/s1. The zero-order valence-corrected chi connectivity index (χ0v) is 15.2. The van der Waals surface area contributed by atoms with Gasteiger partial charge in [0.25, 0.3) is 0 Å². The SMILES string of the molecule is O=C(Cc1cccc(C(F)(F)F)c1)N[C@H](Cc1ccc(Cl)cc1Cl)C(=O)O. The zero-order chi connectivity index (χ0) is 20.2. The molecule has 0 radical (unpaired) electrons. The number of hydrogen-bond donors (Lipinski definition) is 2. The maximum Gasteiger partial charge on any atom is 0.416 e. The molecular formula is C18H14Cl2F3NO3. The van der Waals surface area contributed by atoms with Crippen molar-refractivity contribution in [3.63, 3.8) is 0 Å². The number of amides is 1. The van der Waals surface area contributed by atoms with Gasteiger partial charge in [-0.1, -0.05) is 47.5 Å². The average molecular weight is 420 g/mol. The van der Waals surface area contributed by atoms with Crippen molar-refractivity contribution in [3.05, 3.63) is 69.2 Å². The fourth-order valence-corrected chi connectivity index (χ4v) is 2.88. The third-order valence-electron chi connectivity index (χ3n) is 3.69. The number of carbonyl (C=O) groups excluding carboxylic acids is 1. The molecule has 0 saturated heterocycles. The molecular weight excluding hydrogens is 406 g/mol. The molecule has 0 aliphatic heterocycles. The Morgan fingerprint density at radius 2 is 1.81 bits per heavy atom. The normalized spacial score (nSPS) is 12.5. The number of carboxylic acids is 1. The van der Waals surface area contributed by atoms with Gasteiger partial charge in [0.05, 0.1) is 12.0 Å². The Balaban J connectivity index is 2.08. The predicted molar refractivity (Wildman–Crippen MR) is 94.9 cm³/mol. The van der Waals surface area contributed by atoms with Crippen molar-refractivity contribution >= 4 is 35.1 Å². The monoisotopic (exact) mass is 419 g/mol. The van der Waals surface area contributed by atoms with Crippen LogP contribution in [0, 0.1) is 0 Å². The Hall–Kier alpha value is -2.25. The number of carbonyl (C=O) groups is 2. The Bertz CT molecular complexity index is 856. The summed E-state index contributed by atoms with van der Waals surface area (Å²) in [6.07, 6.45) is -5.01. The van der Waals surface area contributed by atoms with Crippen LogP contribution < -0.4 is 5.32 Å². The maximum absolute atomic E-state index is 12.7. The van der Waals surface area contributed by atoms with Gasteiger partial charge in [-0.25, -0.2) is 4.79 Å². The van der Waals surface area contributed by atoms with Gasteiger partial charge in [0.15, 0.2) is 0 Å². The Morgan fingerprint density at radius 1 is 1.11 bits per heavy atom. The molecule has 0 saturated carbocycles. The molecule has 2 aromatic rings. The number of benzene rings is 2. The summed E-state index contributed by atoms with van der Waals surface area (Å²) in [5.41, 5.74) is -0.292. The van der Waals surface area contributed by atoms with E-state index in [0.29, 0.717) is 10.6 Å². The molecule has 4 nitrogen and oxygen atoms in total. The topological polar surface area (TPSA) is 66.4 Å². The first-order chi connectivity index (χ1) is 12.6. The highest BCUT2D eigenvalue weighted by Gasteiger charge is 2.30. The quantitative estimate of drug-likeness (QED) is 0.730. The van der Waals surface area contributed by atoms with Gasteiger partial charge in [0, 0.05) is 16.5 Å². The van der Waals surface area contributed by atoms with Crippen LogP contribution in [0.5, 0.6) is 0 Å². The van der Waals surface area contributed by atoms with Crippen LogP contribution in [0.3, 0.4) is 0 Å². The lowest BCUT2D eigenvalue weighted by atomic mass is 10.0. The molecule has 0 heterocycles. The van der Waals surface area contributed by atoms with Crippen molar-refractivity contribution in [3.8, 4) is 0 Å². The first-order valence-corrected chi connectivity index (χ1v) is 8.44.